The average molecular weight is 324 g/mol. The van der Waals surface area contributed by atoms with E-state index < -0.39 is 0 Å². The van der Waals surface area contributed by atoms with Crippen LogP contribution in [-0.2, 0) is 6.54 Å². The van der Waals surface area contributed by atoms with Gasteiger partial charge in [-0.05, 0) is 18.1 Å². The quantitative estimate of drug-likeness (QED) is 0.756. The summed E-state index contributed by atoms with van der Waals surface area (Å²) in [7, 11) is 1.76. The van der Waals surface area contributed by atoms with Crippen molar-refractivity contribution in [3.8, 4) is 5.75 Å². The third-order valence-corrected chi connectivity index (χ3v) is 3.74. The van der Waals surface area contributed by atoms with Crippen LogP contribution in [0.3, 0.4) is 0 Å². The molecule has 0 radical (unpaired) electrons. The first-order valence-electron chi connectivity index (χ1n) is 7.94. The standard InChI is InChI=1S/C18H20N4O2/c1-3-9-24-15-7-8-19-16(10-15)18(23)22(2)12-14-6-4-5-13-11-20-21-17(13)14/h4-8,10-11H,3,9,12H2,1-2H3,(H,20,21). The molecule has 0 spiro atoms. The van der Waals surface area contributed by atoms with E-state index in [1.54, 1.807) is 36.5 Å². The van der Waals surface area contributed by atoms with Gasteiger partial charge in [0.25, 0.3) is 5.91 Å². The molecule has 0 fully saturated rings. The molecular weight excluding hydrogens is 304 g/mol. The molecule has 3 aromatic rings. The summed E-state index contributed by atoms with van der Waals surface area (Å²) in [6.45, 7) is 3.13. The number of aromatic amines is 1. The number of fused-ring (bicyclic) bond motifs is 1. The van der Waals surface area contributed by atoms with E-state index in [0.29, 0.717) is 24.6 Å². The number of benzene rings is 1. The van der Waals surface area contributed by atoms with Crippen LogP contribution in [-0.4, -0.2) is 39.6 Å². The number of amides is 1. The number of pyridine rings is 1. The van der Waals surface area contributed by atoms with E-state index in [0.717, 1.165) is 22.9 Å². The fourth-order valence-electron chi connectivity index (χ4n) is 2.52. The molecule has 3 rings (SSSR count). The Labute approximate surface area is 140 Å². The molecule has 6 nitrogen and oxygen atoms in total. The highest BCUT2D eigenvalue weighted by Gasteiger charge is 2.15. The van der Waals surface area contributed by atoms with Crippen molar-refractivity contribution in [2.75, 3.05) is 13.7 Å². The molecule has 0 unspecified atom stereocenters. The molecule has 124 valence electrons. The molecule has 0 saturated heterocycles. The lowest BCUT2D eigenvalue weighted by Crippen LogP contribution is -2.27. The second-order valence-electron chi connectivity index (χ2n) is 5.64. The van der Waals surface area contributed by atoms with Crippen molar-refractivity contribution in [2.45, 2.75) is 19.9 Å². The minimum atomic E-state index is -0.145. The maximum atomic E-state index is 12.6. The Bertz CT molecular complexity index is 844. The van der Waals surface area contributed by atoms with Crippen LogP contribution in [0, 0.1) is 0 Å². The Balaban J connectivity index is 1.76. The van der Waals surface area contributed by atoms with Crippen LogP contribution < -0.4 is 4.74 Å². The van der Waals surface area contributed by atoms with Gasteiger partial charge in [0.1, 0.15) is 11.4 Å². The number of rotatable bonds is 6. The van der Waals surface area contributed by atoms with E-state index in [9.17, 15) is 4.79 Å². The highest BCUT2D eigenvalue weighted by Crippen LogP contribution is 2.18. The van der Waals surface area contributed by atoms with E-state index in [-0.39, 0.29) is 5.91 Å². The summed E-state index contributed by atoms with van der Waals surface area (Å²) < 4.78 is 5.57. The van der Waals surface area contributed by atoms with Gasteiger partial charge in [0.2, 0.25) is 0 Å². The number of aromatic nitrogens is 3. The van der Waals surface area contributed by atoms with Gasteiger partial charge in [0.05, 0.1) is 18.3 Å². The van der Waals surface area contributed by atoms with Gasteiger partial charge < -0.3 is 9.64 Å². The summed E-state index contributed by atoms with van der Waals surface area (Å²) in [5, 5.41) is 8.07. The molecule has 0 aliphatic heterocycles. The number of carbonyl (C=O) groups is 1. The van der Waals surface area contributed by atoms with Crippen molar-refractivity contribution in [2.24, 2.45) is 0 Å². The maximum Gasteiger partial charge on any atom is 0.272 e. The SMILES string of the molecule is CCCOc1ccnc(C(=O)N(C)Cc2cccc3cn[nH]c23)c1. The van der Waals surface area contributed by atoms with Crippen molar-refractivity contribution < 1.29 is 9.53 Å². The number of hydrogen-bond donors (Lipinski definition) is 1. The Morgan fingerprint density at radius 1 is 1.33 bits per heavy atom. The van der Waals surface area contributed by atoms with Gasteiger partial charge >= 0.3 is 0 Å². The molecular formula is C18H20N4O2. The molecule has 1 N–H and O–H groups in total. The zero-order chi connectivity index (χ0) is 16.9. The Morgan fingerprint density at radius 2 is 2.21 bits per heavy atom. The normalized spacial score (nSPS) is 10.8. The molecule has 1 aromatic carbocycles. The fourth-order valence-corrected chi connectivity index (χ4v) is 2.52. The van der Waals surface area contributed by atoms with Gasteiger partial charge in [-0.1, -0.05) is 25.1 Å². The van der Waals surface area contributed by atoms with Crippen molar-refractivity contribution in [1.29, 1.82) is 0 Å². The molecule has 24 heavy (non-hydrogen) atoms. The van der Waals surface area contributed by atoms with E-state index in [1.807, 2.05) is 25.1 Å². The van der Waals surface area contributed by atoms with Crippen LogP contribution in [0.4, 0.5) is 0 Å². The van der Waals surface area contributed by atoms with Gasteiger partial charge in [-0.15, -0.1) is 0 Å². The molecule has 2 aromatic heterocycles. The third-order valence-electron chi connectivity index (χ3n) is 3.74. The van der Waals surface area contributed by atoms with Gasteiger partial charge in [0.15, 0.2) is 0 Å². The number of para-hydroxylation sites is 1. The molecule has 0 bridgehead atoms. The van der Waals surface area contributed by atoms with Gasteiger partial charge in [0, 0.05) is 31.2 Å². The Morgan fingerprint density at radius 3 is 3.04 bits per heavy atom. The van der Waals surface area contributed by atoms with E-state index in [1.165, 1.54) is 0 Å². The van der Waals surface area contributed by atoms with Gasteiger partial charge in [-0.25, -0.2) is 0 Å². The second-order valence-corrected chi connectivity index (χ2v) is 5.64. The molecule has 0 saturated carbocycles. The Kier molecular flexibility index (Phi) is 4.74. The second kappa shape index (κ2) is 7.12. The van der Waals surface area contributed by atoms with Crippen LogP contribution in [0.2, 0.25) is 0 Å². The summed E-state index contributed by atoms with van der Waals surface area (Å²) in [6, 6.07) is 9.38. The number of nitrogens with zero attached hydrogens (tertiary/aromatic N) is 3. The summed E-state index contributed by atoms with van der Waals surface area (Å²) in [5.74, 6) is 0.521. The first kappa shape index (κ1) is 16.0. The third kappa shape index (κ3) is 3.37. The first-order valence-corrected chi connectivity index (χ1v) is 7.94. The summed E-state index contributed by atoms with van der Waals surface area (Å²) >= 11 is 0. The molecule has 1 amide bonds. The Hall–Kier alpha value is -2.89. The molecule has 0 aliphatic carbocycles. The zero-order valence-electron chi connectivity index (χ0n) is 13.8. The highest BCUT2D eigenvalue weighted by atomic mass is 16.5. The smallest absolute Gasteiger partial charge is 0.272 e. The maximum absolute atomic E-state index is 12.6. The number of H-pyrrole nitrogens is 1. The minimum absolute atomic E-state index is 0.145. The molecule has 0 aliphatic rings. The van der Waals surface area contributed by atoms with Crippen LogP contribution in [0.25, 0.3) is 10.9 Å². The van der Waals surface area contributed by atoms with Crippen molar-refractivity contribution in [1.82, 2.24) is 20.1 Å². The number of carbonyl (C=O) groups excluding carboxylic acids is 1. The molecule has 6 heteroatoms. The lowest BCUT2D eigenvalue weighted by atomic mass is 10.1. The first-order chi connectivity index (χ1) is 11.7. The van der Waals surface area contributed by atoms with E-state index >= 15 is 0 Å². The largest absolute Gasteiger partial charge is 0.493 e. The predicted octanol–water partition coefficient (Wildman–Crippen LogP) is 3.02. The minimum Gasteiger partial charge on any atom is -0.493 e. The van der Waals surface area contributed by atoms with Crippen molar-refractivity contribution >= 4 is 16.8 Å². The van der Waals surface area contributed by atoms with Crippen LogP contribution >= 0.6 is 0 Å². The average Bonchev–Trinajstić information content (AvgIpc) is 3.09. The van der Waals surface area contributed by atoms with Crippen LogP contribution in [0.15, 0.2) is 42.7 Å². The zero-order valence-corrected chi connectivity index (χ0v) is 13.8. The van der Waals surface area contributed by atoms with Gasteiger partial charge in [-0.2, -0.15) is 5.10 Å². The van der Waals surface area contributed by atoms with Crippen molar-refractivity contribution in [3.05, 3.63) is 54.0 Å². The summed E-state index contributed by atoms with van der Waals surface area (Å²) in [4.78, 5) is 18.4. The predicted molar refractivity (Wildman–Crippen MR) is 91.9 cm³/mol. The van der Waals surface area contributed by atoms with E-state index in [4.69, 9.17) is 4.74 Å². The van der Waals surface area contributed by atoms with E-state index in [2.05, 4.69) is 15.2 Å². The van der Waals surface area contributed by atoms with Gasteiger partial charge in [-0.3, -0.25) is 14.9 Å². The summed E-state index contributed by atoms with van der Waals surface area (Å²) in [6.07, 6.45) is 4.29. The topological polar surface area (TPSA) is 71.1 Å². The van der Waals surface area contributed by atoms with Crippen molar-refractivity contribution in [3.63, 3.8) is 0 Å². The highest BCUT2D eigenvalue weighted by molar-refractivity contribution is 5.92. The summed E-state index contributed by atoms with van der Waals surface area (Å²) in [5.41, 5.74) is 2.34. The fraction of sp³-hybridized carbons (Fsp3) is 0.278. The lowest BCUT2D eigenvalue weighted by Gasteiger charge is -2.17. The molecule has 2 heterocycles. The number of nitrogens with one attached hydrogen (secondary N) is 1. The lowest BCUT2D eigenvalue weighted by molar-refractivity contribution is 0.0779. The molecule has 0 atom stereocenters. The number of ether oxygens (including phenoxy) is 1. The van der Waals surface area contributed by atoms with Crippen LogP contribution in [0.5, 0.6) is 5.75 Å². The monoisotopic (exact) mass is 324 g/mol. The van der Waals surface area contributed by atoms with Crippen LogP contribution in [0.1, 0.15) is 29.4 Å². The number of hydrogen-bond acceptors (Lipinski definition) is 4.